The number of rotatable bonds is 7. The quantitative estimate of drug-likeness (QED) is 0.434. The summed E-state index contributed by atoms with van der Waals surface area (Å²) >= 11 is 12.5. The summed E-state index contributed by atoms with van der Waals surface area (Å²) in [7, 11) is 0. The largest absolute Gasteiger partial charge is 0.379 e. The second-order valence-electron chi connectivity index (χ2n) is 7.91. The molecule has 0 unspecified atom stereocenters. The van der Waals surface area contributed by atoms with Gasteiger partial charge in [-0.05, 0) is 50.5 Å². The first kappa shape index (κ1) is 21.9. The zero-order valence-corrected chi connectivity index (χ0v) is 19.0. The van der Waals surface area contributed by atoms with Gasteiger partial charge in [-0.1, -0.05) is 47.5 Å². The predicted octanol–water partition coefficient (Wildman–Crippen LogP) is 4.95. The molecular formula is C24H24Cl2N2O3. The van der Waals surface area contributed by atoms with Crippen LogP contribution in [0.3, 0.4) is 0 Å². The number of hydrogen-bond acceptors (Lipinski definition) is 4. The highest BCUT2D eigenvalue weighted by molar-refractivity contribution is 6.41. The highest BCUT2D eigenvalue weighted by atomic mass is 35.5. The summed E-state index contributed by atoms with van der Waals surface area (Å²) in [5, 5.41) is 0.820. The number of carbonyl (C=O) groups excluding carboxylic acids is 2. The third kappa shape index (κ3) is 4.22. The molecule has 2 amide bonds. The number of hydrogen-bond donors (Lipinski definition) is 0. The van der Waals surface area contributed by atoms with Crippen LogP contribution in [0.15, 0.2) is 48.2 Å². The van der Waals surface area contributed by atoms with E-state index in [2.05, 4.69) is 0 Å². The molecule has 0 spiro atoms. The van der Waals surface area contributed by atoms with Gasteiger partial charge in [0.05, 0.1) is 16.7 Å². The van der Waals surface area contributed by atoms with Crippen LogP contribution < -0.4 is 4.90 Å². The zero-order valence-electron chi connectivity index (χ0n) is 17.5. The number of carbonyl (C=O) groups is 2. The fourth-order valence-electron chi connectivity index (χ4n) is 4.06. The Bertz CT molecular complexity index is 1060. The van der Waals surface area contributed by atoms with Crippen LogP contribution in [0.1, 0.15) is 31.4 Å². The lowest BCUT2D eigenvalue weighted by molar-refractivity contribution is -0.137. The van der Waals surface area contributed by atoms with Crippen LogP contribution >= 0.6 is 23.2 Å². The molecule has 0 saturated carbocycles. The summed E-state index contributed by atoms with van der Waals surface area (Å²) in [5.74, 6) is -0.634. The van der Waals surface area contributed by atoms with E-state index in [0.29, 0.717) is 46.5 Å². The summed E-state index contributed by atoms with van der Waals surface area (Å²) < 4.78 is 5.58. The second kappa shape index (κ2) is 9.03. The van der Waals surface area contributed by atoms with Crippen molar-refractivity contribution in [2.75, 3.05) is 24.6 Å². The predicted molar refractivity (Wildman–Crippen MR) is 123 cm³/mol. The SMILES string of the molecule is CC(C)OCCCN1C(=O)C(c2ccc(Cl)cc2Cl)=C(N2CCc3ccccc32)C1=O. The third-order valence-corrected chi connectivity index (χ3v) is 6.03. The summed E-state index contributed by atoms with van der Waals surface area (Å²) in [6, 6.07) is 12.9. The number of para-hydroxylation sites is 1. The van der Waals surface area contributed by atoms with Gasteiger partial charge in [0.1, 0.15) is 5.70 Å². The van der Waals surface area contributed by atoms with Gasteiger partial charge in [-0.15, -0.1) is 0 Å². The lowest BCUT2D eigenvalue weighted by Gasteiger charge is -2.22. The maximum atomic E-state index is 13.5. The molecule has 7 heteroatoms. The normalized spacial score (nSPS) is 16.2. The van der Waals surface area contributed by atoms with Gasteiger partial charge in [0.2, 0.25) is 0 Å². The molecule has 0 fully saturated rings. The van der Waals surface area contributed by atoms with E-state index in [1.165, 1.54) is 4.90 Å². The first-order chi connectivity index (χ1) is 14.9. The minimum absolute atomic E-state index is 0.100. The van der Waals surface area contributed by atoms with E-state index in [1.807, 2.05) is 43.0 Å². The molecule has 0 N–H and O–H groups in total. The molecule has 0 aliphatic carbocycles. The summed E-state index contributed by atoms with van der Waals surface area (Å²) in [5.41, 5.74) is 3.33. The van der Waals surface area contributed by atoms with E-state index in [1.54, 1.807) is 18.2 Å². The second-order valence-corrected chi connectivity index (χ2v) is 8.76. The van der Waals surface area contributed by atoms with Crippen LogP contribution in [-0.2, 0) is 20.7 Å². The minimum Gasteiger partial charge on any atom is -0.379 e. The molecule has 5 nitrogen and oxygen atoms in total. The highest BCUT2D eigenvalue weighted by Gasteiger charge is 2.43. The van der Waals surface area contributed by atoms with E-state index < -0.39 is 0 Å². The molecule has 2 aromatic rings. The molecule has 31 heavy (non-hydrogen) atoms. The molecule has 2 aliphatic heterocycles. The number of nitrogens with zero attached hydrogens (tertiary/aromatic N) is 2. The van der Waals surface area contributed by atoms with Crippen molar-refractivity contribution < 1.29 is 14.3 Å². The van der Waals surface area contributed by atoms with E-state index >= 15 is 0 Å². The van der Waals surface area contributed by atoms with Crippen molar-refractivity contribution in [3.8, 4) is 0 Å². The minimum atomic E-state index is -0.335. The molecule has 4 rings (SSSR count). The van der Waals surface area contributed by atoms with E-state index in [9.17, 15) is 9.59 Å². The number of fused-ring (bicyclic) bond motifs is 1. The van der Waals surface area contributed by atoms with E-state index in [4.69, 9.17) is 27.9 Å². The average Bonchev–Trinajstić information content (AvgIpc) is 3.24. The maximum Gasteiger partial charge on any atom is 0.278 e. The van der Waals surface area contributed by atoms with Crippen LogP contribution in [0.5, 0.6) is 0 Å². The fourth-order valence-corrected chi connectivity index (χ4v) is 4.57. The fraction of sp³-hybridized carbons (Fsp3) is 0.333. The monoisotopic (exact) mass is 458 g/mol. The number of imide groups is 1. The molecule has 0 atom stereocenters. The molecule has 162 valence electrons. The molecular weight excluding hydrogens is 435 g/mol. The summed E-state index contributed by atoms with van der Waals surface area (Å²) in [6.45, 7) is 5.31. The van der Waals surface area contributed by atoms with Gasteiger partial charge in [-0.3, -0.25) is 14.5 Å². The Balaban J connectivity index is 1.74. The van der Waals surface area contributed by atoms with Gasteiger partial charge in [-0.2, -0.15) is 0 Å². The number of amides is 2. The van der Waals surface area contributed by atoms with Gasteiger partial charge >= 0.3 is 0 Å². The Labute approximate surface area is 192 Å². The topological polar surface area (TPSA) is 49.9 Å². The van der Waals surface area contributed by atoms with Gasteiger partial charge in [0.25, 0.3) is 11.8 Å². The van der Waals surface area contributed by atoms with E-state index in [-0.39, 0.29) is 24.5 Å². The average molecular weight is 459 g/mol. The Morgan fingerprint density at radius 3 is 2.58 bits per heavy atom. The van der Waals surface area contributed by atoms with Crippen LogP contribution in [-0.4, -0.2) is 42.5 Å². The molecule has 2 aliphatic rings. The lowest BCUT2D eigenvalue weighted by atomic mass is 10.0. The van der Waals surface area contributed by atoms with E-state index in [0.717, 1.165) is 17.7 Å². The summed E-state index contributed by atoms with van der Waals surface area (Å²) in [4.78, 5) is 30.2. The van der Waals surface area contributed by atoms with Crippen molar-refractivity contribution in [1.29, 1.82) is 0 Å². The van der Waals surface area contributed by atoms with Gasteiger partial charge < -0.3 is 9.64 Å². The Morgan fingerprint density at radius 1 is 1.06 bits per heavy atom. The number of halogens is 2. The van der Waals surface area contributed by atoms with Crippen molar-refractivity contribution in [2.24, 2.45) is 0 Å². The van der Waals surface area contributed by atoms with Crippen molar-refractivity contribution in [2.45, 2.75) is 32.8 Å². The Hall–Kier alpha value is -2.34. The van der Waals surface area contributed by atoms with Crippen molar-refractivity contribution in [3.63, 3.8) is 0 Å². The number of ether oxygens (including phenoxy) is 1. The smallest absolute Gasteiger partial charge is 0.278 e. The number of benzene rings is 2. The third-order valence-electron chi connectivity index (χ3n) is 5.48. The van der Waals surface area contributed by atoms with Crippen molar-refractivity contribution in [1.82, 2.24) is 4.90 Å². The molecule has 0 aromatic heterocycles. The number of anilines is 1. The standard InChI is InChI=1S/C24H24Cl2N2O3/c1-15(2)31-13-5-11-28-23(29)21(18-9-8-17(25)14-19(18)26)22(24(28)30)27-12-10-16-6-3-4-7-20(16)27/h3-4,6-9,14-15H,5,10-13H2,1-2H3. The first-order valence-corrected chi connectivity index (χ1v) is 11.2. The molecule has 2 heterocycles. The van der Waals surface area contributed by atoms with Crippen LogP contribution in [0.25, 0.3) is 5.57 Å². The molecule has 2 aromatic carbocycles. The van der Waals surface area contributed by atoms with Crippen LogP contribution in [0.2, 0.25) is 10.0 Å². The van der Waals surface area contributed by atoms with Gasteiger partial charge in [0.15, 0.2) is 0 Å². The van der Waals surface area contributed by atoms with Crippen LogP contribution in [0.4, 0.5) is 5.69 Å². The summed E-state index contributed by atoms with van der Waals surface area (Å²) in [6.07, 6.45) is 1.48. The van der Waals surface area contributed by atoms with Gasteiger partial charge in [-0.25, -0.2) is 0 Å². The Kier molecular flexibility index (Phi) is 6.37. The zero-order chi connectivity index (χ0) is 22.1. The lowest BCUT2D eigenvalue weighted by Crippen LogP contribution is -2.36. The van der Waals surface area contributed by atoms with Crippen molar-refractivity contribution >= 4 is 46.3 Å². The maximum absolute atomic E-state index is 13.5. The molecule has 0 radical (unpaired) electrons. The first-order valence-electron chi connectivity index (χ1n) is 10.4. The van der Waals surface area contributed by atoms with Crippen molar-refractivity contribution in [3.05, 3.63) is 69.3 Å². The van der Waals surface area contributed by atoms with Gasteiger partial charge in [0, 0.05) is 36.0 Å². The molecule has 0 bridgehead atoms. The van der Waals surface area contributed by atoms with Crippen LogP contribution in [0, 0.1) is 0 Å². The Morgan fingerprint density at radius 2 is 1.84 bits per heavy atom. The molecule has 0 saturated heterocycles. The highest BCUT2D eigenvalue weighted by Crippen LogP contribution is 2.40.